The predicted molar refractivity (Wildman–Crippen MR) is 75.6 cm³/mol. The Morgan fingerprint density at radius 3 is 2.95 bits per heavy atom. The first-order valence-corrected chi connectivity index (χ1v) is 6.61. The molecule has 0 amide bonds. The van der Waals surface area contributed by atoms with Crippen LogP contribution in [0.15, 0.2) is 30.7 Å². The van der Waals surface area contributed by atoms with Gasteiger partial charge in [-0.15, -0.1) is 0 Å². The molecule has 0 saturated carbocycles. The molecule has 20 heavy (non-hydrogen) atoms. The maximum Gasteiger partial charge on any atom is 0.161 e. The Bertz CT molecular complexity index is 743. The van der Waals surface area contributed by atoms with Gasteiger partial charge in [0, 0.05) is 31.9 Å². The highest BCUT2D eigenvalue weighted by Crippen LogP contribution is 2.24. The van der Waals surface area contributed by atoms with E-state index in [2.05, 4.69) is 9.97 Å². The first kappa shape index (κ1) is 12.8. The van der Waals surface area contributed by atoms with Crippen LogP contribution in [0.1, 0.15) is 6.92 Å². The number of imidazole rings is 2. The minimum absolute atomic E-state index is 0.279. The van der Waals surface area contributed by atoms with E-state index in [9.17, 15) is 4.39 Å². The lowest BCUT2D eigenvalue weighted by Gasteiger charge is -2.03. The molecule has 0 atom stereocenters. The molecule has 3 rings (SSSR count). The maximum atomic E-state index is 13.3. The molecule has 0 unspecified atom stereocenters. The summed E-state index contributed by atoms with van der Waals surface area (Å²) in [5.41, 5.74) is 7.87. The summed E-state index contributed by atoms with van der Waals surface area (Å²) in [5.74, 6) is 0.474. The van der Waals surface area contributed by atoms with Crippen LogP contribution in [0.2, 0.25) is 0 Å². The zero-order valence-electron chi connectivity index (χ0n) is 11.3. The summed E-state index contributed by atoms with van der Waals surface area (Å²) in [7, 11) is 0. The van der Waals surface area contributed by atoms with Crippen molar-refractivity contribution >= 4 is 11.0 Å². The average molecular weight is 273 g/mol. The van der Waals surface area contributed by atoms with Crippen molar-refractivity contribution in [1.82, 2.24) is 19.1 Å². The molecule has 0 aliphatic rings. The Morgan fingerprint density at radius 1 is 1.35 bits per heavy atom. The van der Waals surface area contributed by atoms with Gasteiger partial charge in [0.15, 0.2) is 5.82 Å². The highest BCUT2D eigenvalue weighted by atomic mass is 19.1. The molecule has 0 saturated heterocycles. The lowest BCUT2D eigenvalue weighted by Crippen LogP contribution is -2.07. The molecule has 1 aromatic carbocycles. The number of hydrogen-bond donors (Lipinski definition) is 1. The van der Waals surface area contributed by atoms with Gasteiger partial charge in [0.05, 0.1) is 17.4 Å². The fourth-order valence-corrected chi connectivity index (χ4v) is 2.37. The number of aryl methyl sites for hydroxylation is 1. The van der Waals surface area contributed by atoms with E-state index < -0.39 is 0 Å². The molecule has 0 radical (unpaired) electrons. The summed E-state index contributed by atoms with van der Waals surface area (Å²) < 4.78 is 17.3. The summed E-state index contributed by atoms with van der Waals surface area (Å²) in [4.78, 5) is 8.87. The molecule has 0 aliphatic heterocycles. The van der Waals surface area contributed by atoms with E-state index in [-0.39, 0.29) is 5.82 Å². The lowest BCUT2D eigenvalue weighted by molar-refractivity contribution is 0.629. The molecule has 6 heteroatoms. The van der Waals surface area contributed by atoms with Crippen molar-refractivity contribution in [3.05, 3.63) is 36.5 Å². The number of fused-ring (bicyclic) bond motifs is 1. The molecule has 0 spiro atoms. The minimum atomic E-state index is -0.279. The van der Waals surface area contributed by atoms with Crippen molar-refractivity contribution in [2.24, 2.45) is 5.73 Å². The van der Waals surface area contributed by atoms with Crippen molar-refractivity contribution in [2.75, 3.05) is 6.54 Å². The lowest BCUT2D eigenvalue weighted by atomic mass is 10.3. The standard InChI is InChI=1S/C14H16FN5/c1-2-20-13-4-3-10(15)7-11(13)18-14(20)12-8-19(6-5-16)9-17-12/h3-4,7-9H,2,5-6,16H2,1H3. The summed E-state index contributed by atoms with van der Waals surface area (Å²) >= 11 is 0. The number of aromatic nitrogens is 4. The van der Waals surface area contributed by atoms with Gasteiger partial charge in [0.2, 0.25) is 0 Å². The average Bonchev–Trinajstić information content (AvgIpc) is 3.02. The largest absolute Gasteiger partial charge is 0.335 e. The minimum Gasteiger partial charge on any atom is -0.335 e. The highest BCUT2D eigenvalue weighted by Gasteiger charge is 2.14. The van der Waals surface area contributed by atoms with Gasteiger partial charge in [-0.25, -0.2) is 14.4 Å². The second-order valence-electron chi connectivity index (χ2n) is 4.60. The van der Waals surface area contributed by atoms with Gasteiger partial charge >= 0.3 is 0 Å². The summed E-state index contributed by atoms with van der Waals surface area (Å²) in [6, 6.07) is 4.65. The third-order valence-electron chi connectivity index (χ3n) is 3.28. The van der Waals surface area contributed by atoms with E-state index in [1.165, 1.54) is 12.1 Å². The van der Waals surface area contributed by atoms with Gasteiger partial charge in [0.25, 0.3) is 0 Å². The second-order valence-corrected chi connectivity index (χ2v) is 4.60. The molecule has 0 bridgehead atoms. The quantitative estimate of drug-likeness (QED) is 0.791. The highest BCUT2D eigenvalue weighted by molar-refractivity contribution is 5.80. The molecule has 0 aliphatic carbocycles. The Kier molecular flexibility index (Phi) is 3.23. The van der Waals surface area contributed by atoms with Gasteiger partial charge in [-0.3, -0.25) is 0 Å². The normalized spacial score (nSPS) is 11.3. The zero-order valence-corrected chi connectivity index (χ0v) is 11.3. The monoisotopic (exact) mass is 273 g/mol. The topological polar surface area (TPSA) is 61.7 Å². The van der Waals surface area contributed by atoms with E-state index in [0.29, 0.717) is 18.6 Å². The van der Waals surface area contributed by atoms with Gasteiger partial charge in [-0.2, -0.15) is 0 Å². The van der Waals surface area contributed by atoms with Gasteiger partial charge < -0.3 is 14.9 Å². The molecule has 2 aromatic heterocycles. The van der Waals surface area contributed by atoms with Crippen LogP contribution in [-0.4, -0.2) is 25.6 Å². The molecule has 2 N–H and O–H groups in total. The van der Waals surface area contributed by atoms with E-state index in [1.807, 2.05) is 22.3 Å². The smallest absolute Gasteiger partial charge is 0.161 e. The summed E-state index contributed by atoms with van der Waals surface area (Å²) in [6.45, 7) is 4.06. The number of benzene rings is 1. The van der Waals surface area contributed by atoms with Crippen LogP contribution < -0.4 is 5.73 Å². The van der Waals surface area contributed by atoms with Crippen molar-refractivity contribution in [3.8, 4) is 11.5 Å². The van der Waals surface area contributed by atoms with E-state index in [1.54, 1.807) is 12.4 Å². The third-order valence-corrected chi connectivity index (χ3v) is 3.28. The number of rotatable bonds is 4. The number of hydrogen-bond acceptors (Lipinski definition) is 3. The number of nitrogens with two attached hydrogens (primary N) is 1. The predicted octanol–water partition coefficient (Wildman–Crippen LogP) is 2.02. The van der Waals surface area contributed by atoms with Crippen LogP contribution in [0.5, 0.6) is 0 Å². The van der Waals surface area contributed by atoms with Crippen LogP contribution in [0.3, 0.4) is 0 Å². The zero-order chi connectivity index (χ0) is 14.1. The second kappa shape index (κ2) is 5.05. The third kappa shape index (κ3) is 2.08. The Balaban J connectivity index is 2.13. The molecule has 5 nitrogen and oxygen atoms in total. The fourth-order valence-electron chi connectivity index (χ4n) is 2.37. The first-order valence-electron chi connectivity index (χ1n) is 6.61. The van der Waals surface area contributed by atoms with Crippen LogP contribution in [0.25, 0.3) is 22.6 Å². The van der Waals surface area contributed by atoms with Crippen molar-refractivity contribution in [1.29, 1.82) is 0 Å². The molecule has 0 fully saturated rings. The molecule has 104 valence electrons. The summed E-state index contributed by atoms with van der Waals surface area (Å²) in [6.07, 6.45) is 3.65. The number of halogens is 1. The van der Waals surface area contributed by atoms with Crippen LogP contribution >= 0.6 is 0 Å². The van der Waals surface area contributed by atoms with E-state index in [4.69, 9.17) is 5.73 Å². The molecular weight excluding hydrogens is 257 g/mol. The maximum absolute atomic E-state index is 13.3. The van der Waals surface area contributed by atoms with Crippen LogP contribution in [-0.2, 0) is 13.1 Å². The fraction of sp³-hybridized carbons (Fsp3) is 0.286. The Labute approximate surface area is 115 Å². The molecular formula is C14H16FN5. The molecule has 3 aromatic rings. The van der Waals surface area contributed by atoms with E-state index >= 15 is 0 Å². The van der Waals surface area contributed by atoms with Gasteiger partial charge in [-0.1, -0.05) is 0 Å². The molecule has 2 heterocycles. The first-order chi connectivity index (χ1) is 9.72. The summed E-state index contributed by atoms with van der Waals surface area (Å²) in [5, 5.41) is 0. The Hall–Kier alpha value is -2.21. The van der Waals surface area contributed by atoms with Crippen LogP contribution in [0.4, 0.5) is 4.39 Å². The van der Waals surface area contributed by atoms with Gasteiger partial charge in [-0.05, 0) is 19.1 Å². The SMILES string of the molecule is CCn1c(-c2cn(CCN)cn2)nc2cc(F)ccc21. The van der Waals surface area contributed by atoms with Crippen molar-refractivity contribution in [3.63, 3.8) is 0 Å². The van der Waals surface area contributed by atoms with E-state index in [0.717, 1.165) is 23.6 Å². The van der Waals surface area contributed by atoms with Gasteiger partial charge in [0.1, 0.15) is 11.5 Å². The van der Waals surface area contributed by atoms with Crippen LogP contribution in [0, 0.1) is 5.82 Å². The van der Waals surface area contributed by atoms with Crippen molar-refractivity contribution in [2.45, 2.75) is 20.0 Å². The Morgan fingerprint density at radius 2 is 2.20 bits per heavy atom. The van der Waals surface area contributed by atoms with Crippen molar-refractivity contribution < 1.29 is 4.39 Å². The number of nitrogens with zero attached hydrogens (tertiary/aromatic N) is 4.